The van der Waals surface area contributed by atoms with Crippen molar-refractivity contribution in [2.45, 2.75) is 32.7 Å². The number of hydrogen-bond donors (Lipinski definition) is 2. The minimum atomic E-state index is -0.115. The van der Waals surface area contributed by atoms with Gasteiger partial charge in [0.2, 0.25) is 5.91 Å². The third kappa shape index (κ3) is 4.82. The molecule has 0 atom stereocenters. The Hall–Kier alpha value is -2.86. The van der Waals surface area contributed by atoms with Gasteiger partial charge in [-0.2, -0.15) is 0 Å². The minimum absolute atomic E-state index is 0.0816. The fourth-order valence-corrected chi connectivity index (χ4v) is 3.90. The zero-order chi connectivity index (χ0) is 21.1. The van der Waals surface area contributed by atoms with E-state index in [0.29, 0.717) is 17.8 Å². The van der Waals surface area contributed by atoms with E-state index < -0.39 is 0 Å². The quantitative estimate of drug-likeness (QED) is 0.774. The van der Waals surface area contributed by atoms with Crippen LogP contribution in [0.2, 0.25) is 0 Å². The Kier molecular flexibility index (Phi) is 6.04. The van der Waals surface area contributed by atoms with Gasteiger partial charge in [-0.25, -0.2) is 0 Å². The number of carbonyl (C=O) groups is 2. The third-order valence-electron chi connectivity index (χ3n) is 6.01. The maximum atomic E-state index is 12.6. The molecule has 2 aromatic carbocycles. The van der Waals surface area contributed by atoms with Crippen LogP contribution >= 0.6 is 0 Å². The van der Waals surface area contributed by atoms with E-state index >= 15 is 0 Å². The predicted molar refractivity (Wildman–Crippen MR) is 120 cm³/mol. The zero-order valence-corrected chi connectivity index (χ0v) is 17.8. The second-order valence-electron chi connectivity index (χ2n) is 8.32. The molecule has 6 heteroatoms. The van der Waals surface area contributed by atoms with Gasteiger partial charge in [0.15, 0.2) is 0 Å². The number of nitrogens with one attached hydrogen (secondary N) is 2. The van der Waals surface area contributed by atoms with Crippen LogP contribution < -0.4 is 15.5 Å². The molecule has 0 spiro atoms. The lowest BCUT2D eigenvalue weighted by molar-refractivity contribution is -0.117. The molecule has 1 aliphatic heterocycles. The van der Waals surface area contributed by atoms with Crippen molar-refractivity contribution < 1.29 is 9.59 Å². The summed E-state index contributed by atoms with van der Waals surface area (Å²) in [5.74, 6) is -0.197. The van der Waals surface area contributed by atoms with Crippen LogP contribution in [0.15, 0.2) is 42.5 Å². The fraction of sp³-hybridized carbons (Fsp3) is 0.417. The smallest absolute Gasteiger partial charge is 0.253 e. The van der Waals surface area contributed by atoms with E-state index in [2.05, 4.69) is 52.5 Å². The fourth-order valence-electron chi connectivity index (χ4n) is 3.90. The molecule has 2 amide bonds. The van der Waals surface area contributed by atoms with Gasteiger partial charge in [0.25, 0.3) is 5.91 Å². The molecule has 0 aromatic heterocycles. The SMILES string of the molecule is Cc1cccc(N2CCN(CC(=O)Nc3ccccc3C(=O)NC3CC3)CC2)c1C. The standard InChI is InChI=1S/C24H30N4O2/c1-17-6-5-9-22(18(17)2)28-14-12-27(13-15-28)16-23(29)26-21-8-4-3-7-20(21)24(30)25-19-10-11-19/h3-9,19H,10-16H2,1-2H3,(H,25,30)(H,26,29). The number of piperazine rings is 1. The number of para-hydroxylation sites is 1. The summed E-state index contributed by atoms with van der Waals surface area (Å²) in [7, 11) is 0. The lowest BCUT2D eigenvalue weighted by atomic mass is 10.1. The minimum Gasteiger partial charge on any atom is -0.369 e. The van der Waals surface area contributed by atoms with Gasteiger partial charge < -0.3 is 15.5 Å². The van der Waals surface area contributed by atoms with E-state index in [4.69, 9.17) is 0 Å². The maximum absolute atomic E-state index is 12.6. The van der Waals surface area contributed by atoms with Crippen LogP contribution in [0.1, 0.15) is 34.3 Å². The molecule has 2 N–H and O–H groups in total. The lowest BCUT2D eigenvalue weighted by Gasteiger charge is -2.36. The van der Waals surface area contributed by atoms with E-state index in [9.17, 15) is 9.59 Å². The maximum Gasteiger partial charge on any atom is 0.253 e. The molecule has 0 unspecified atom stereocenters. The van der Waals surface area contributed by atoms with Crippen molar-refractivity contribution in [2.75, 3.05) is 42.9 Å². The molecule has 1 aliphatic carbocycles. The van der Waals surface area contributed by atoms with Crippen molar-refractivity contribution in [3.8, 4) is 0 Å². The monoisotopic (exact) mass is 406 g/mol. The first-order valence-electron chi connectivity index (χ1n) is 10.7. The van der Waals surface area contributed by atoms with Crippen molar-refractivity contribution in [1.29, 1.82) is 0 Å². The van der Waals surface area contributed by atoms with Gasteiger partial charge in [-0.15, -0.1) is 0 Å². The lowest BCUT2D eigenvalue weighted by Crippen LogP contribution is -2.49. The van der Waals surface area contributed by atoms with Crippen molar-refractivity contribution in [1.82, 2.24) is 10.2 Å². The summed E-state index contributed by atoms with van der Waals surface area (Å²) in [6.07, 6.45) is 2.07. The van der Waals surface area contributed by atoms with Gasteiger partial charge in [0.05, 0.1) is 17.8 Å². The summed E-state index contributed by atoms with van der Waals surface area (Å²) in [5, 5.41) is 5.92. The van der Waals surface area contributed by atoms with E-state index in [1.54, 1.807) is 12.1 Å². The highest BCUT2D eigenvalue weighted by Crippen LogP contribution is 2.24. The van der Waals surface area contributed by atoms with Crippen molar-refractivity contribution in [3.05, 3.63) is 59.2 Å². The number of nitrogens with zero attached hydrogens (tertiary/aromatic N) is 2. The summed E-state index contributed by atoms with van der Waals surface area (Å²) in [5.41, 5.74) is 5.02. The molecular formula is C24H30N4O2. The van der Waals surface area contributed by atoms with E-state index in [1.807, 2.05) is 12.1 Å². The number of carbonyl (C=O) groups excluding carboxylic acids is 2. The van der Waals surface area contributed by atoms with Gasteiger partial charge >= 0.3 is 0 Å². The van der Waals surface area contributed by atoms with Gasteiger partial charge in [-0.05, 0) is 56.0 Å². The molecule has 1 saturated carbocycles. The summed E-state index contributed by atoms with van der Waals surface area (Å²) < 4.78 is 0. The second-order valence-corrected chi connectivity index (χ2v) is 8.32. The first kappa shape index (κ1) is 20.4. The largest absolute Gasteiger partial charge is 0.369 e. The molecule has 2 aromatic rings. The highest BCUT2D eigenvalue weighted by Gasteiger charge is 2.25. The van der Waals surface area contributed by atoms with Crippen LogP contribution in [0.4, 0.5) is 11.4 Å². The Morgan fingerprint density at radius 2 is 1.70 bits per heavy atom. The average molecular weight is 407 g/mol. The number of aryl methyl sites for hydroxylation is 1. The predicted octanol–water partition coefficient (Wildman–Crippen LogP) is 2.96. The van der Waals surface area contributed by atoms with Crippen LogP contribution in [0.5, 0.6) is 0 Å². The molecule has 1 saturated heterocycles. The Morgan fingerprint density at radius 3 is 2.43 bits per heavy atom. The van der Waals surface area contributed by atoms with E-state index in [1.165, 1.54) is 16.8 Å². The molecule has 158 valence electrons. The molecule has 0 radical (unpaired) electrons. The Balaban J connectivity index is 1.31. The van der Waals surface area contributed by atoms with Crippen LogP contribution in [0.25, 0.3) is 0 Å². The van der Waals surface area contributed by atoms with Crippen molar-refractivity contribution >= 4 is 23.2 Å². The number of rotatable bonds is 6. The van der Waals surface area contributed by atoms with Crippen molar-refractivity contribution in [3.63, 3.8) is 0 Å². The molecule has 2 aliphatic rings. The third-order valence-corrected chi connectivity index (χ3v) is 6.01. The van der Waals surface area contributed by atoms with E-state index in [0.717, 1.165) is 39.0 Å². The van der Waals surface area contributed by atoms with Gasteiger partial charge in [0.1, 0.15) is 0 Å². The van der Waals surface area contributed by atoms with Crippen LogP contribution in [-0.2, 0) is 4.79 Å². The first-order chi connectivity index (χ1) is 14.5. The molecule has 1 heterocycles. The zero-order valence-electron chi connectivity index (χ0n) is 17.8. The average Bonchev–Trinajstić information content (AvgIpc) is 3.55. The number of benzene rings is 2. The van der Waals surface area contributed by atoms with Crippen LogP contribution in [-0.4, -0.2) is 55.5 Å². The summed E-state index contributed by atoms with van der Waals surface area (Å²) >= 11 is 0. The van der Waals surface area contributed by atoms with Gasteiger partial charge in [0, 0.05) is 37.9 Å². The molecule has 4 rings (SSSR count). The topological polar surface area (TPSA) is 64.7 Å². The second kappa shape index (κ2) is 8.88. The highest BCUT2D eigenvalue weighted by atomic mass is 16.2. The Bertz CT molecular complexity index is 931. The van der Waals surface area contributed by atoms with Crippen LogP contribution in [0, 0.1) is 13.8 Å². The summed E-state index contributed by atoms with van der Waals surface area (Å²) in [6.45, 7) is 8.12. The van der Waals surface area contributed by atoms with Gasteiger partial charge in [-0.3, -0.25) is 14.5 Å². The first-order valence-corrected chi connectivity index (χ1v) is 10.7. The molecular weight excluding hydrogens is 376 g/mol. The Morgan fingerprint density at radius 1 is 0.967 bits per heavy atom. The molecule has 6 nitrogen and oxygen atoms in total. The number of anilines is 2. The van der Waals surface area contributed by atoms with Crippen LogP contribution in [0.3, 0.4) is 0 Å². The number of hydrogen-bond acceptors (Lipinski definition) is 4. The summed E-state index contributed by atoms with van der Waals surface area (Å²) in [6, 6.07) is 13.9. The Labute approximate surface area is 178 Å². The van der Waals surface area contributed by atoms with E-state index in [-0.39, 0.29) is 17.9 Å². The van der Waals surface area contributed by atoms with Crippen molar-refractivity contribution in [2.24, 2.45) is 0 Å². The molecule has 2 fully saturated rings. The summed E-state index contributed by atoms with van der Waals surface area (Å²) in [4.78, 5) is 29.6. The molecule has 0 bridgehead atoms. The number of amides is 2. The molecule has 30 heavy (non-hydrogen) atoms. The normalized spacial score (nSPS) is 16.9. The highest BCUT2D eigenvalue weighted by molar-refractivity contribution is 6.04. The van der Waals surface area contributed by atoms with Gasteiger partial charge in [-0.1, -0.05) is 24.3 Å².